The second kappa shape index (κ2) is 6.13. The Morgan fingerprint density at radius 2 is 1.87 bits per heavy atom. The summed E-state index contributed by atoms with van der Waals surface area (Å²) in [7, 11) is 0.608. The average molecular weight is 324 g/mol. The Bertz CT molecular complexity index is 586. The summed E-state index contributed by atoms with van der Waals surface area (Å²) in [5.74, 6) is -1.96. The molecule has 126 valence electrons. The summed E-state index contributed by atoms with van der Waals surface area (Å²) in [6, 6.07) is 4.35. The minimum atomic E-state index is -1.04. The van der Waals surface area contributed by atoms with Crippen LogP contribution in [0.15, 0.2) is 18.2 Å². The maximum atomic E-state index is 14.4. The highest BCUT2D eigenvalue weighted by atomic mass is 19.1. The molecule has 1 aliphatic heterocycles. The van der Waals surface area contributed by atoms with Crippen LogP contribution in [0, 0.1) is 5.82 Å². The molecule has 0 bridgehead atoms. The highest BCUT2D eigenvalue weighted by Crippen LogP contribution is 2.42. The number of methoxy groups -OCH3 is 1. The molecule has 1 aromatic carbocycles. The van der Waals surface area contributed by atoms with Crippen LogP contribution in [-0.2, 0) is 14.1 Å². The molecule has 2 rings (SSSR count). The predicted molar refractivity (Wildman–Crippen MR) is 84.0 cm³/mol. The third kappa shape index (κ3) is 3.51. The lowest BCUT2D eigenvalue weighted by Crippen LogP contribution is -2.41. The SMILES string of the molecule is COc1ccc(C(CC(=O)O)B2OC(C)(C)C(C)(C)O2)c(F)c1. The lowest BCUT2D eigenvalue weighted by Gasteiger charge is -2.32. The van der Waals surface area contributed by atoms with Gasteiger partial charge in [0.05, 0.1) is 24.7 Å². The fourth-order valence-corrected chi connectivity index (χ4v) is 2.53. The van der Waals surface area contributed by atoms with Gasteiger partial charge in [-0.25, -0.2) is 4.39 Å². The van der Waals surface area contributed by atoms with E-state index in [-0.39, 0.29) is 12.0 Å². The smallest absolute Gasteiger partial charge is 0.466 e. The van der Waals surface area contributed by atoms with Gasteiger partial charge in [0.1, 0.15) is 11.6 Å². The molecule has 1 atom stereocenters. The zero-order valence-electron chi connectivity index (χ0n) is 14.1. The van der Waals surface area contributed by atoms with Crippen molar-refractivity contribution in [2.45, 2.75) is 51.1 Å². The molecule has 1 heterocycles. The molecular weight excluding hydrogens is 302 g/mol. The van der Waals surface area contributed by atoms with E-state index in [9.17, 15) is 14.3 Å². The van der Waals surface area contributed by atoms with Gasteiger partial charge >= 0.3 is 13.1 Å². The van der Waals surface area contributed by atoms with Gasteiger partial charge in [-0.3, -0.25) is 4.79 Å². The molecule has 7 heteroatoms. The quantitative estimate of drug-likeness (QED) is 0.844. The molecule has 23 heavy (non-hydrogen) atoms. The van der Waals surface area contributed by atoms with Gasteiger partial charge in [0.2, 0.25) is 0 Å². The molecule has 1 unspecified atom stereocenters. The number of benzene rings is 1. The third-order valence-electron chi connectivity index (χ3n) is 4.60. The van der Waals surface area contributed by atoms with E-state index in [4.69, 9.17) is 14.0 Å². The standard InChI is InChI=1S/C16H22BFO5/c1-15(2)16(3,4)23-17(22-15)12(9-14(19)20)11-7-6-10(21-5)8-13(11)18/h6-8,12H,9H2,1-5H3,(H,19,20). The van der Waals surface area contributed by atoms with Crippen LogP contribution in [0.3, 0.4) is 0 Å². The first kappa shape index (κ1) is 17.8. The molecule has 1 aliphatic rings. The van der Waals surface area contributed by atoms with Gasteiger partial charge in [-0.2, -0.15) is 0 Å². The summed E-state index contributed by atoms with van der Waals surface area (Å²) in [5, 5.41) is 9.20. The molecule has 0 spiro atoms. The lowest BCUT2D eigenvalue weighted by molar-refractivity contribution is -0.137. The van der Waals surface area contributed by atoms with Crippen molar-refractivity contribution < 1.29 is 28.3 Å². The minimum absolute atomic E-state index is 0.242. The maximum Gasteiger partial charge on any atom is 0.466 e. The highest BCUT2D eigenvalue weighted by molar-refractivity contribution is 6.48. The molecule has 0 radical (unpaired) electrons. The molecule has 1 fully saturated rings. The van der Waals surface area contributed by atoms with Crippen molar-refractivity contribution >= 4 is 13.1 Å². The minimum Gasteiger partial charge on any atom is -0.497 e. The number of carboxylic acids is 1. The zero-order chi connectivity index (χ0) is 17.4. The molecule has 0 aliphatic carbocycles. The molecule has 5 nitrogen and oxygen atoms in total. The van der Waals surface area contributed by atoms with E-state index in [1.165, 1.54) is 19.2 Å². The maximum absolute atomic E-state index is 14.4. The average Bonchev–Trinajstić information content (AvgIpc) is 2.64. The summed E-state index contributed by atoms with van der Waals surface area (Å²) in [5.41, 5.74) is -0.985. The van der Waals surface area contributed by atoms with E-state index in [1.54, 1.807) is 6.07 Å². The van der Waals surface area contributed by atoms with E-state index in [1.807, 2.05) is 27.7 Å². The number of ether oxygens (including phenoxy) is 1. The normalized spacial score (nSPS) is 20.3. The number of carboxylic acid groups (broad SMARTS) is 1. The Morgan fingerprint density at radius 1 is 1.30 bits per heavy atom. The number of hydrogen-bond acceptors (Lipinski definition) is 4. The van der Waals surface area contributed by atoms with Crippen molar-refractivity contribution in [1.29, 1.82) is 0 Å². The van der Waals surface area contributed by atoms with Crippen LogP contribution in [0.25, 0.3) is 0 Å². The molecule has 1 saturated heterocycles. The monoisotopic (exact) mass is 324 g/mol. The second-order valence-corrected chi connectivity index (χ2v) is 6.72. The van der Waals surface area contributed by atoms with Crippen LogP contribution in [0.4, 0.5) is 4.39 Å². The second-order valence-electron chi connectivity index (χ2n) is 6.72. The number of carbonyl (C=O) groups is 1. The van der Waals surface area contributed by atoms with E-state index < -0.39 is 35.9 Å². The van der Waals surface area contributed by atoms with Gasteiger partial charge in [-0.05, 0) is 39.3 Å². The highest BCUT2D eigenvalue weighted by Gasteiger charge is 2.54. The Labute approximate surface area is 135 Å². The van der Waals surface area contributed by atoms with E-state index in [2.05, 4.69) is 0 Å². The zero-order valence-corrected chi connectivity index (χ0v) is 14.1. The molecule has 1 aromatic rings. The van der Waals surface area contributed by atoms with Crippen LogP contribution in [0.5, 0.6) is 5.75 Å². The van der Waals surface area contributed by atoms with Gasteiger partial charge in [0.25, 0.3) is 0 Å². The topological polar surface area (TPSA) is 65.0 Å². The van der Waals surface area contributed by atoms with E-state index in [0.29, 0.717) is 5.75 Å². The van der Waals surface area contributed by atoms with Crippen molar-refractivity contribution in [2.24, 2.45) is 0 Å². The van der Waals surface area contributed by atoms with Crippen molar-refractivity contribution in [1.82, 2.24) is 0 Å². The fraction of sp³-hybridized carbons (Fsp3) is 0.562. The lowest BCUT2D eigenvalue weighted by atomic mass is 9.66. The van der Waals surface area contributed by atoms with Crippen LogP contribution < -0.4 is 4.74 Å². The van der Waals surface area contributed by atoms with Gasteiger partial charge in [0, 0.05) is 11.9 Å². The Hall–Kier alpha value is -1.60. The van der Waals surface area contributed by atoms with E-state index >= 15 is 0 Å². The first-order chi connectivity index (χ1) is 10.6. The largest absolute Gasteiger partial charge is 0.497 e. The third-order valence-corrected chi connectivity index (χ3v) is 4.60. The molecule has 0 aromatic heterocycles. The number of rotatable bonds is 5. The Balaban J connectivity index is 2.37. The number of aliphatic carboxylic acids is 1. The van der Waals surface area contributed by atoms with Gasteiger partial charge in [0.15, 0.2) is 0 Å². The van der Waals surface area contributed by atoms with Crippen LogP contribution in [0.1, 0.15) is 45.5 Å². The van der Waals surface area contributed by atoms with Crippen LogP contribution in [-0.4, -0.2) is 36.5 Å². The molecule has 1 N–H and O–H groups in total. The number of halogens is 1. The summed E-state index contributed by atoms with van der Waals surface area (Å²) < 4.78 is 31.2. The summed E-state index contributed by atoms with van der Waals surface area (Å²) >= 11 is 0. The Kier molecular flexibility index (Phi) is 4.73. The van der Waals surface area contributed by atoms with Gasteiger partial charge in [-0.1, -0.05) is 6.07 Å². The fourth-order valence-electron chi connectivity index (χ4n) is 2.53. The summed E-state index contributed by atoms with van der Waals surface area (Å²) in [4.78, 5) is 11.2. The molecular formula is C16H22BFO5. The van der Waals surface area contributed by atoms with Crippen LogP contribution in [0.2, 0.25) is 0 Å². The number of hydrogen-bond donors (Lipinski definition) is 1. The molecule has 0 saturated carbocycles. The Morgan fingerprint density at radius 3 is 2.30 bits per heavy atom. The summed E-state index contributed by atoms with van der Waals surface area (Å²) in [6.45, 7) is 7.48. The summed E-state index contributed by atoms with van der Waals surface area (Å²) in [6.07, 6.45) is -0.292. The first-order valence-corrected chi connectivity index (χ1v) is 7.48. The van der Waals surface area contributed by atoms with Crippen molar-refractivity contribution in [3.63, 3.8) is 0 Å². The molecule has 0 amide bonds. The first-order valence-electron chi connectivity index (χ1n) is 7.48. The van der Waals surface area contributed by atoms with Crippen molar-refractivity contribution in [3.05, 3.63) is 29.6 Å². The van der Waals surface area contributed by atoms with Gasteiger partial charge in [-0.15, -0.1) is 0 Å². The van der Waals surface area contributed by atoms with Crippen LogP contribution >= 0.6 is 0 Å². The van der Waals surface area contributed by atoms with Crippen molar-refractivity contribution in [3.8, 4) is 5.75 Å². The van der Waals surface area contributed by atoms with E-state index in [0.717, 1.165) is 0 Å². The van der Waals surface area contributed by atoms with Gasteiger partial charge < -0.3 is 19.2 Å². The predicted octanol–water partition coefficient (Wildman–Crippen LogP) is 3.02. The van der Waals surface area contributed by atoms with Crippen molar-refractivity contribution in [2.75, 3.05) is 7.11 Å².